The number of benzene rings is 1. The van der Waals surface area contributed by atoms with E-state index >= 15 is 0 Å². The average Bonchev–Trinajstić information content (AvgIpc) is 2.76. The van der Waals surface area contributed by atoms with Crippen LogP contribution >= 0.6 is 0 Å². The number of carboxylic acids is 1. The minimum atomic E-state index is -4.18. The van der Waals surface area contributed by atoms with Gasteiger partial charge in [-0.1, -0.05) is 0 Å². The predicted molar refractivity (Wildman–Crippen MR) is 69.5 cm³/mol. The molecule has 0 aliphatic rings. The molecule has 0 fully saturated rings. The van der Waals surface area contributed by atoms with Gasteiger partial charge in [0.2, 0.25) is 0 Å². The summed E-state index contributed by atoms with van der Waals surface area (Å²) in [6.45, 7) is 0. The number of hydrogen-bond donors (Lipinski definition) is 2. The van der Waals surface area contributed by atoms with Crippen LogP contribution in [-0.2, 0) is 17.1 Å². The van der Waals surface area contributed by atoms with E-state index in [2.05, 4.69) is 0 Å². The first-order chi connectivity index (χ1) is 9.70. The molecule has 112 valence electrons. The summed E-state index contributed by atoms with van der Waals surface area (Å²) in [6.07, 6.45) is 1.08. The lowest BCUT2D eigenvalue weighted by molar-refractivity contribution is 0.0686. The van der Waals surface area contributed by atoms with Crippen molar-refractivity contribution in [3.63, 3.8) is 0 Å². The maximum absolute atomic E-state index is 13.4. The quantitative estimate of drug-likeness (QED) is 0.900. The van der Waals surface area contributed by atoms with Crippen molar-refractivity contribution in [1.29, 1.82) is 0 Å². The SMILES string of the molecule is Cn1cc(S(=O)(=O)Nc2ccc(F)cc2F)cc1C(=O)O. The molecule has 0 unspecified atom stereocenters. The molecular weight excluding hydrogens is 306 g/mol. The Labute approximate surface area is 118 Å². The molecule has 0 radical (unpaired) electrons. The number of halogens is 2. The summed E-state index contributed by atoms with van der Waals surface area (Å²) in [5.74, 6) is -3.22. The van der Waals surface area contributed by atoms with Crippen LogP contribution in [0.5, 0.6) is 0 Å². The molecule has 21 heavy (non-hydrogen) atoms. The zero-order valence-electron chi connectivity index (χ0n) is 10.7. The first-order valence-electron chi connectivity index (χ1n) is 5.58. The molecule has 1 heterocycles. The third kappa shape index (κ3) is 3.02. The van der Waals surface area contributed by atoms with Crippen molar-refractivity contribution in [2.24, 2.45) is 7.05 Å². The van der Waals surface area contributed by atoms with Crippen LogP contribution in [0.1, 0.15) is 10.5 Å². The average molecular weight is 316 g/mol. The molecule has 0 aliphatic carbocycles. The molecule has 6 nitrogen and oxygen atoms in total. The Kier molecular flexibility index (Phi) is 3.69. The predicted octanol–water partition coefficient (Wildman–Crippen LogP) is 1.80. The Morgan fingerprint density at radius 3 is 2.48 bits per heavy atom. The van der Waals surface area contributed by atoms with Gasteiger partial charge in [0.15, 0.2) is 0 Å². The standard InChI is InChI=1S/C12H10F2N2O4S/c1-16-6-8(5-11(16)12(17)18)21(19,20)15-10-3-2-7(13)4-9(10)14/h2-6,15H,1H3,(H,17,18). The summed E-state index contributed by atoms with van der Waals surface area (Å²) in [4.78, 5) is 10.5. The Morgan fingerprint density at radius 2 is 1.95 bits per heavy atom. The van der Waals surface area contributed by atoms with Crippen LogP contribution in [0.25, 0.3) is 0 Å². The normalized spacial score (nSPS) is 11.4. The van der Waals surface area contributed by atoms with Crippen molar-refractivity contribution in [1.82, 2.24) is 4.57 Å². The lowest BCUT2D eigenvalue weighted by Gasteiger charge is -2.07. The molecule has 0 spiro atoms. The van der Waals surface area contributed by atoms with Crippen LogP contribution in [-0.4, -0.2) is 24.1 Å². The van der Waals surface area contributed by atoms with E-state index in [1.54, 1.807) is 0 Å². The third-order valence-corrected chi connectivity index (χ3v) is 4.02. The largest absolute Gasteiger partial charge is 0.477 e. The fourth-order valence-electron chi connectivity index (χ4n) is 1.67. The molecule has 2 aromatic rings. The molecule has 0 bridgehead atoms. The summed E-state index contributed by atoms with van der Waals surface area (Å²) >= 11 is 0. The van der Waals surface area contributed by atoms with Crippen molar-refractivity contribution in [2.45, 2.75) is 4.90 Å². The number of sulfonamides is 1. The van der Waals surface area contributed by atoms with Gasteiger partial charge in [-0.05, 0) is 18.2 Å². The van der Waals surface area contributed by atoms with Gasteiger partial charge < -0.3 is 9.67 Å². The van der Waals surface area contributed by atoms with Gasteiger partial charge in [-0.15, -0.1) is 0 Å². The number of carboxylic acid groups (broad SMARTS) is 1. The van der Waals surface area contributed by atoms with Gasteiger partial charge in [0.25, 0.3) is 10.0 Å². The molecule has 1 aromatic heterocycles. The number of hydrogen-bond acceptors (Lipinski definition) is 3. The van der Waals surface area contributed by atoms with Gasteiger partial charge in [0, 0.05) is 19.3 Å². The maximum Gasteiger partial charge on any atom is 0.352 e. The summed E-state index contributed by atoms with van der Waals surface area (Å²) < 4.78 is 53.3. The third-order valence-electron chi connectivity index (χ3n) is 2.68. The maximum atomic E-state index is 13.4. The highest BCUT2D eigenvalue weighted by atomic mass is 32.2. The minimum absolute atomic E-state index is 0.241. The van der Waals surface area contributed by atoms with Gasteiger partial charge in [-0.25, -0.2) is 22.0 Å². The van der Waals surface area contributed by atoms with Crippen LogP contribution in [0, 0.1) is 11.6 Å². The van der Waals surface area contributed by atoms with Crippen molar-refractivity contribution >= 4 is 21.7 Å². The Hall–Kier alpha value is -2.42. The molecular formula is C12H10F2N2O4S. The Balaban J connectivity index is 2.38. The van der Waals surface area contributed by atoms with Gasteiger partial charge >= 0.3 is 5.97 Å². The van der Waals surface area contributed by atoms with Crippen molar-refractivity contribution < 1.29 is 27.1 Å². The van der Waals surface area contributed by atoms with Crippen molar-refractivity contribution in [3.8, 4) is 0 Å². The zero-order chi connectivity index (χ0) is 15.8. The second kappa shape index (κ2) is 5.17. The van der Waals surface area contributed by atoms with Gasteiger partial charge in [-0.2, -0.15) is 0 Å². The second-order valence-electron chi connectivity index (χ2n) is 4.21. The molecule has 0 aliphatic heterocycles. The molecule has 0 saturated heterocycles. The fourth-order valence-corrected chi connectivity index (χ4v) is 2.81. The van der Waals surface area contributed by atoms with Crippen LogP contribution in [0.3, 0.4) is 0 Å². The number of aromatic carboxylic acids is 1. The summed E-state index contributed by atoms with van der Waals surface area (Å²) in [6, 6.07) is 3.30. The number of rotatable bonds is 4. The Morgan fingerprint density at radius 1 is 1.29 bits per heavy atom. The summed E-state index contributed by atoms with van der Waals surface area (Å²) in [7, 11) is -2.82. The van der Waals surface area contributed by atoms with Crippen LogP contribution in [0.2, 0.25) is 0 Å². The number of aromatic nitrogens is 1. The highest BCUT2D eigenvalue weighted by Gasteiger charge is 2.21. The molecule has 2 N–H and O–H groups in total. The second-order valence-corrected chi connectivity index (χ2v) is 5.89. The van der Waals surface area contributed by atoms with Crippen LogP contribution < -0.4 is 4.72 Å². The van der Waals surface area contributed by atoms with E-state index in [0.29, 0.717) is 6.07 Å². The van der Waals surface area contributed by atoms with E-state index in [4.69, 9.17) is 5.11 Å². The monoisotopic (exact) mass is 316 g/mol. The van der Waals surface area contributed by atoms with Gasteiger partial charge in [0.05, 0.1) is 5.69 Å². The van der Waals surface area contributed by atoms with Crippen LogP contribution in [0.15, 0.2) is 35.4 Å². The zero-order valence-corrected chi connectivity index (χ0v) is 11.5. The molecule has 0 atom stereocenters. The van der Waals surface area contributed by atoms with E-state index in [9.17, 15) is 22.0 Å². The van der Waals surface area contributed by atoms with Crippen LogP contribution in [0.4, 0.5) is 14.5 Å². The van der Waals surface area contributed by atoms with E-state index in [0.717, 1.165) is 29.0 Å². The summed E-state index contributed by atoms with van der Waals surface area (Å²) in [5, 5.41) is 8.87. The topological polar surface area (TPSA) is 88.4 Å². The number of nitrogens with one attached hydrogen (secondary N) is 1. The van der Waals surface area contributed by atoms with E-state index in [1.807, 2.05) is 4.72 Å². The van der Waals surface area contributed by atoms with E-state index in [1.165, 1.54) is 7.05 Å². The van der Waals surface area contributed by atoms with Gasteiger partial charge in [0.1, 0.15) is 22.2 Å². The smallest absolute Gasteiger partial charge is 0.352 e. The minimum Gasteiger partial charge on any atom is -0.477 e. The first-order valence-corrected chi connectivity index (χ1v) is 7.06. The lowest BCUT2D eigenvalue weighted by Crippen LogP contribution is -2.13. The van der Waals surface area contributed by atoms with Gasteiger partial charge in [-0.3, -0.25) is 4.72 Å². The highest BCUT2D eigenvalue weighted by molar-refractivity contribution is 7.92. The van der Waals surface area contributed by atoms with E-state index < -0.39 is 33.3 Å². The number of nitrogens with zero attached hydrogens (tertiary/aromatic N) is 1. The molecule has 0 amide bonds. The molecule has 9 heteroatoms. The number of anilines is 1. The lowest BCUT2D eigenvalue weighted by atomic mass is 10.3. The molecule has 0 saturated carbocycles. The fraction of sp³-hybridized carbons (Fsp3) is 0.0833. The number of aryl methyl sites for hydroxylation is 1. The molecule has 2 rings (SSSR count). The van der Waals surface area contributed by atoms with E-state index in [-0.39, 0.29) is 10.6 Å². The van der Waals surface area contributed by atoms with Crippen molar-refractivity contribution in [2.75, 3.05) is 4.72 Å². The molecule has 1 aromatic carbocycles. The highest BCUT2D eigenvalue weighted by Crippen LogP contribution is 2.21. The Bertz CT molecular complexity index is 815. The van der Waals surface area contributed by atoms with Crippen molar-refractivity contribution in [3.05, 3.63) is 47.8 Å². The first kappa shape index (κ1) is 15.0. The number of carbonyl (C=O) groups is 1. The summed E-state index contributed by atoms with van der Waals surface area (Å²) in [5.41, 5.74) is -0.674.